The molecular formula is C19H20F3IN2O5S. The number of hydrogen-bond acceptors (Lipinski definition) is 6. The second-order valence-corrected chi connectivity index (χ2v) is 10.5. The van der Waals surface area contributed by atoms with Gasteiger partial charge in [0, 0.05) is 21.1 Å². The first-order valence-corrected chi connectivity index (χ1v) is 11.7. The minimum Gasteiger partial charge on any atom is -0.496 e. The standard InChI is InChI=1S/C19H20F3IN2O5S/c1-30-15-5-13(21)17(22)18(25-14-3-2-9(23)4-12(14)20)16(15)11-7-19(11,31(24,28)29)6-10(27)8-26/h2-5,10-11,25-27H,6-8H2,1H3,(H2,24,28,29)/t10-,11-,19+/m0/s1. The van der Waals surface area contributed by atoms with Gasteiger partial charge in [0.15, 0.2) is 11.6 Å². The number of sulfonamides is 1. The van der Waals surface area contributed by atoms with Crippen molar-refractivity contribution in [2.45, 2.75) is 29.6 Å². The molecule has 0 spiro atoms. The van der Waals surface area contributed by atoms with Crippen molar-refractivity contribution in [3.63, 3.8) is 0 Å². The van der Waals surface area contributed by atoms with Crippen molar-refractivity contribution in [3.05, 3.63) is 50.9 Å². The van der Waals surface area contributed by atoms with Gasteiger partial charge in [0.05, 0.1) is 35.9 Å². The molecule has 1 fully saturated rings. The van der Waals surface area contributed by atoms with Crippen molar-refractivity contribution in [2.24, 2.45) is 5.14 Å². The van der Waals surface area contributed by atoms with E-state index in [-0.39, 0.29) is 23.4 Å². The number of anilines is 2. The first kappa shape index (κ1) is 24.0. The average Bonchev–Trinajstić information content (AvgIpc) is 3.41. The Morgan fingerprint density at radius 1 is 1.32 bits per heavy atom. The number of ether oxygens (including phenoxy) is 1. The lowest BCUT2D eigenvalue weighted by Crippen LogP contribution is -2.36. The summed E-state index contributed by atoms with van der Waals surface area (Å²) >= 11 is 1.89. The summed E-state index contributed by atoms with van der Waals surface area (Å²) in [6, 6.07) is 4.81. The van der Waals surface area contributed by atoms with E-state index >= 15 is 0 Å². The van der Waals surface area contributed by atoms with E-state index < -0.39 is 63.0 Å². The van der Waals surface area contributed by atoms with Gasteiger partial charge < -0.3 is 20.3 Å². The Kier molecular flexibility index (Phi) is 6.77. The van der Waals surface area contributed by atoms with Gasteiger partial charge in [-0.15, -0.1) is 0 Å². The van der Waals surface area contributed by atoms with Crippen LogP contribution in [0.1, 0.15) is 24.3 Å². The third-order valence-electron chi connectivity index (χ3n) is 5.36. The maximum absolute atomic E-state index is 14.9. The molecule has 2 aromatic rings. The quantitative estimate of drug-likeness (QED) is 0.361. The van der Waals surface area contributed by atoms with E-state index in [0.29, 0.717) is 3.57 Å². The summed E-state index contributed by atoms with van der Waals surface area (Å²) in [5.41, 5.74) is -0.713. The van der Waals surface area contributed by atoms with Crippen molar-refractivity contribution >= 4 is 44.0 Å². The molecule has 0 aliphatic heterocycles. The monoisotopic (exact) mass is 572 g/mol. The largest absolute Gasteiger partial charge is 0.496 e. The van der Waals surface area contributed by atoms with Crippen molar-refractivity contribution in [1.82, 2.24) is 0 Å². The maximum atomic E-state index is 14.9. The fourth-order valence-corrected chi connectivity index (χ4v) is 5.54. The van der Waals surface area contributed by atoms with Crippen LogP contribution in [0.5, 0.6) is 5.75 Å². The number of aliphatic hydroxyl groups excluding tert-OH is 2. The first-order valence-electron chi connectivity index (χ1n) is 9.04. The minimum absolute atomic E-state index is 0.0569. The Balaban J connectivity index is 2.17. The van der Waals surface area contributed by atoms with E-state index in [1.807, 2.05) is 22.6 Å². The van der Waals surface area contributed by atoms with Crippen LogP contribution in [-0.2, 0) is 10.0 Å². The minimum atomic E-state index is -4.29. The van der Waals surface area contributed by atoms with Crippen molar-refractivity contribution in [2.75, 3.05) is 19.0 Å². The molecule has 0 saturated heterocycles. The fourth-order valence-electron chi connectivity index (χ4n) is 3.75. The second-order valence-electron chi connectivity index (χ2n) is 7.32. The van der Waals surface area contributed by atoms with Crippen LogP contribution in [0.4, 0.5) is 24.5 Å². The highest BCUT2D eigenvalue weighted by atomic mass is 127. The van der Waals surface area contributed by atoms with Crippen LogP contribution in [0, 0.1) is 21.0 Å². The Bertz CT molecular complexity index is 1120. The number of rotatable bonds is 8. The van der Waals surface area contributed by atoms with Crippen molar-refractivity contribution < 1.29 is 36.5 Å². The highest BCUT2D eigenvalue weighted by molar-refractivity contribution is 14.1. The Hall–Kier alpha value is -1.61. The highest BCUT2D eigenvalue weighted by Crippen LogP contribution is 2.62. The van der Waals surface area contributed by atoms with Crippen LogP contribution in [0.3, 0.4) is 0 Å². The molecule has 170 valence electrons. The number of nitrogens with one attached hydrogen (secondary N) is 1. The predicted molar refractivity (Wildman–Crippen MR) is 116 cm³/mol. The Morgan fingerprint density at radius 2 is 2.00 bits per heavy atom. The predicted octanol–water partition coefficient (Wildman–Crippen LogP) is 2.72. The molecule has 2 aromatic carbocycles. The number of halogens is 4. The van der Waals surface area contributed by atoms with E-state index in [4.69, 9.17) is 15.0 Å². The number of methoxy groups -OCH3 is 1. The lowest BCUT2D eigenvalue weighted by molar-refractivity contribution is 0.0853. The van der Waals surface area contributed by atoms with Crippen molar-refractivity contribution in [3.8, 4) is 5.75 Å². The highest BCUT2D eigenvalue weighted by Gasteiger charge is 2.65. The van der Waals surface area contributed by atoms with Gasteiger partial charge in [-0.1, -0.05) is 0 Å². The van der Waals surface area contributed by atoms with Gasteiger partial charge >= 0.3 is 0 Å². The molecule has 0 bridgehead atoms. The number of hydrogen-bond donors (Lipinski definition) is 4. The summed E-state index contributed by atoms with van der Waals surface area (Å²) in [5.74, 6) is -4.54. The molecule has 0 amide bonds. The summed E-state index contributed by atoms with van der Waals surface area (Å²) in [6.45, 7) is -0.710. The third-order valence-corrected chi connectivity index (χ3v) is 7.79. The molecule has 31 heavy (non-hydrogen) atoms. The smallest absolute Gasteiger partial charge is 0.215 e. The third kappa shape index (κ3) is 4.49. The summed E-state index contributed by atoms with van der Waals surface area (Å²) in [6.07, 6.45) is -1.95. The van der Waals surface area contributed by atoms with E-state index in [2.05, 4.69) is 5.32 Å². The molecule has 12 heteroatoms. The van der Waals surface area contributed by atoms with Gasteiger partial charge in [-0.25, -0.2) is 26.7 Å². The van der Waals surface area contributed by atoms with E-state index in [9.17, 15) is 26.7 Å². The molecule has 7 nitrogen and oxygen atoms in total. The maximum Gasteiger partial charge on any atom is 0.215 e. The molecule has 1 aliphatic carbocycles. The van der Waals surface area contributed by atoms with E-state index in [1.165, 1.54) is 19.2 Å². The lowest BCUT2D eigenvalue weighted by Gasteiger charge is -2.22. The molecule has 1 saturated carbocycles. The molecule has 1 aliphatic rings. The molecular weight excluding hydrogens is 552 g/mol. The summed E-state index contributed by atoms with van der Waals surface area (Å²) in [5, 5.41) is 26.9. The van der Waals surface area contributed by atoms with Crippen LogP contribution < -0.4 is 15.2 Å². The van der Waals surface area contributed by atoms with Crippen LogP contribution in [0.2, 0.25) is 0 Å². The van der Waals surface area contributed by atoms with Crippen molar-refractivity contribution in [1.29, 1.82) is 0 Å². The fraction of sp³-hybridized carbons (Fsp3) is 0.368. The van der Waals surface area contributed by atoms with Gasteiger partial charge in [0.2, 0.25) is 10.0 Å². The second kappa shape index (κ2) is 8.73. The number of primary sulfonamides is 1. The Morgan fingerprint density at radius 3 is 2.55 bits per heavy atom. The number of benzene rings is 2. The molecule has 5 N–H and O–H groups in total. The van der Waals surface area contributed by atoms with Gasteiger partial charge in [0.1, 0.15) is 11.6 Å². The zero-order valence-corrected chi connectivity index (χ0v) is 19.2. The molecule has 0 aromatic heterocycles. The summed E-state index contributed by atoms with van der Waals surface area (Å²) in [7, 11) is -3.10. The normalized spacial score (nSPS) is 21.6. The number of nitrogens with two attached hydrogens (primary N) is 1. The number of aliphatic hydroxyl groups is 2. The average molecular weight is 572 g/mol. The van der Waals surface area contributed by atoms with Crippen LogP contribution in [-0.4, -0.2) is 43.2 Å². The van der Waals surface area contributed by atoms with Crippen LogP contribution >= 0.6 is 22.6 Å². The van der Waals surface area contributed by atoms with Gasteiger partial charge in [0.25, 0.3) is 0 Å². The SMILES string of the molecule is COc1cc(F)c(F)c(Nc2ccc(I)cc2F)c1[C@@H]1C[C@@]1(C[C@H](O)CO)S(N)(=O)=O. The van der Waals surface area contributed by atoms with E-state index in [1.54, 1.807) is 6.07 Å². The van der Waals surface area contributed by atoms with Crippen LogP contribution in [0.25, 0.3) is 0 Å². The van der Waals surface area contributed by atoms with Gasteiger partial charge in [-0.05, 0) is 53.6 Å². The van der Waals surface area contributed by atoms with E-state index in [0.717, 1.165) is 6.07 Å². The topological polar surface area (TPSA) is 122 Å². The zero-order chi connectivity index (χ0) is 23.1. The Labute approximate surface area is 190 Å². The molecule has 3 atom stereocenters. The molecule has 3 rings (SSSR count). The molecule has 0 heterocycles. The zero-order valence-electron chi connectivity index (χ0n) is 16.2. The first-order chi connectivity index (χ1) is 14.4. The lowest BCUT2D eigenvalue weighted by atomic mass is 10.0. The molecule has 0 radical (unpaired) electrons. The summed E-state index contributed by atoms with van der Waals surface area (Å²) < 4.78 is 72.2. The molecule has 0 unspecified atom stereocenters. The van der Waals surface area contributed by atoms with Gasteiger partial charge in [-0.3, -0.25) is 0 Å². The summed E-state index contributed by atoms with van der Waals surface area (Å²) in [4.78, 5) is 0. The van der Waals surface area contributed by atoms with Gasteiger partial charge in [-0.2, -0.15) is 0 Å². The van der Waals surface area contributed by atoms with Crippen LogP contribution in [0.15, 0.2) is 24.3 Å².